The van der Waals surface area contributed by atoms with Crippen molar-refractivity contribution in [3.05, 3.63) is 74.9 Å². The van der Waals surface area contributed by atoms with Gasteiger partial charge in [-0.15, -0.1) is 6.42 Å². The fraction of sp³-hybridized carbons (Fsp3) is 0.160. The van der Waals surface area contributed by atoms with Gasteiger partial charge in [-0.1, -0.05) is 5.92 Å². The third kappa shape index (κ3) is 4.17. The Hall–Kier alpha value is -3.61. The van der Waals surface area contributed by atoms with Gasteiger partial charge in [0.1, 0.15) is 5.82 Å². The van der Waals surface area contributed by atoms with Crippen LogP contribution in [0.1, 0.15) is 27.9 Å². The summed E-state index contributed by atoms with van der Waals surface area (Å²) in [5.41, 5.74) is 6.86. The molecule has 2 aromatic carbocycles. The fourth-order valence-corrected chi connectivity index (χ4v) is 4.59. The standard InChI is InChI=1S/C25H20BrN5/c1-4-5-6-19-13-16(2)23(22(26)14-19)31-12-11-21-17(3)28-25(30-24(21)31)29-20-9-7-18(15-27)8-10-20/h1,5-10,13-14H,11-12H2,2-3H3,(H,28,29,30)/b6-5+. The molecule has 0 fully saturated rings. The number of allylic oxidation sites excluding steroid dienone is 1. The lowest BCUT2D eigenvalue weighted by Crippen LogP contribution is -2.17. The van der Waals surface area contributed by atoms with Crippen LogP contribution in [0.5, 0.6) is 0 Å². The maximum atomic E-state index is 8.99. The van der Waals surface area contributed by atoms with E-state index in [1.165, 1.54) is 0 Å². The van der Waals surface area contributed by atoms with E-state index in [9.17, 15) is 0 Å². The first-order chi connectivity index (χ1) is 15.0. The summed E-state index contributed by atoms with van der Waals surface area (Å²) < 4.78 is 0.995. The Bertz CT molecular complexity index is 1240. The van der Waals surface area contributed by atoms with Crippen molar-refractivity contribution >= 4 is 45.1 Å². The Labute approximate surface area is 190 Å². The van der Waals surface area contributed by atoms with Gasteiger partial charge >= 0.3 is 0 Å². The number of nitrogens with one attached hydrogen (secondary N) is 1. The van der Waals surface area contributed by atoms with Gasteiger partial charge in [-0.2, -0.15) is 10.2 Å². The topological polar surface area (TPSA) is 64.8 Å². The van der Waals surface area contributed by atoms with E-state index >= 15 is 0 Å². The van der Waals surface area contributed by atoms with Crippen LogP contribution < -0.4 is 10.2 Å². The molecule has 5 nitrogen and oxygen atoms in total. The van der Waals surface area contributed by atoms with Crippen LogP contribution in [-0.4, -0.2) is 16.5 Å². The summed E-state index contributed by atoms with van der Waals surface area (Å²) in [6, 6.07) is 13.6. The average Bonchev–Trinajstić information content (AvgIpc) is 3.16. The number of terminal acetylenes is 1. The van der Waals surface area contributed by atoms with Gasteiger partial charge in [0.25, 0.3) is 0 Å². The Balaban J connectivity index is 1.70. The lowest BCUT2D eigenvalue weighted by Gasteiger charge is -2.23. The Morgan fingerprint density at radius 2 is 1.97 bits per heavy atom. The SMILES string of the molecule is C#C/C=C/c1cc(C)c(N2CCc3c(C)nc(Nc4ccc(C#N)cc4)nc32)c(Br)c1. The van der Waals surface area contributed by atoms with Crippen LogP contribution in [0.15, 0.2) is 46.9 Å². The molecule has 6 heteroatoms. The van der Waals surface area contributed by atoms with Gasteiger partial charge in [-0.3, -0.25) is 0 Å². The molecule has 0 amide bonds. The number of benzene rings is 2. The van der Waals surface area contributed by atoms with Crippen LogP contribution in [0.2, 0.25) is 0 Å². The quantitative estimate of drug-likeness (QED) is 0.488. The molecule has 152 valence electrons. The summed E-state index contributed by atoms with van der Waals surface area (Å²) in [4.78, 5) is 11.7. The molecular formula is C25H20BrN5. The Morgan fingerprint density at radius 3 is 2.65 bits per heavy atom. The highest BCUT2D eigenvalue weighted by atomic mass is 79.9. The summed E-state index contributed by atoms with van der Waals surface area (Å²) in [5, 5.41) is 12.2. The highest BCUT2D eigenvalue weighted by Crippen LogP contribution is 2.41. The zero-order valence-electron chi connectivity index (χ0n) is 17.3. The van der Waals surface area contributed by atoms with Gasteiger partial charge in [-0.05, 0) is 95.9 Å². The third-order valence-corrected chi connectivity index (χ3v) is 5.83. The number of fused-ring (bicyclic) bond motifs is 1. The molecule has 0 radical (unpaired) electrons. The predicted octanol–water partition coefficient (Wildman–Crippen LogP) is 5.81. The van der Waals surface area contributed by atoms with Crippen LogP contribution >= 0.6 is 15.9 Å². The molecule has 2 heterocycles. The van der Waals surface area contributed by atoms with Gasteiger partial charge < -0.3 is 10.2 Å². The van der Waals surface area contributed by atoms with Gasteiger partial charge in [0.05, 0.1) is 17.3 Å². The lowest BCUT2D eigenvalue weighted by atomic mass is 10.1. The number of hydrogen-bond acceptors (Lipinski definition) is 5. The monoisotopic (exact) mass is 469 g/mol. The highest BCUT2D eigenvalue weighted by molar-refractivity contribution is 9.10. The minimum atomic E-state index is 0.537. The number of hydrogen-bond donors (Lipinski definition) is 1. The first-order valence-electron chi connectivity index (χ1n) is 9.85. The van der Waals surface area contributed by atoms with E-state index in [0.717, 1.165) is 57.0 Å². The van der Waals surface area contributed by atoms with E-state index in [-0.39, 0.29) is 0 Å². The fourth-order valence-electron chi connectivity index (χ4n) is 3.80. The number of rotatable bonds is 4. The predicted molar refractivity (Wildman–Crippen MR) is 129 cm³/mol. The van der Waals surface area contributed by atoms with E-state index in [4.69, 9.17) is 16.7 Å². The number of nitriles is 1. The van der Waals surface area contributed by atoms with Crippen molar-refractivity contribution in [3.8, 4) is 18.4 Å². The Kier molecular flexibility index (Phi) is 5.75. The summed E-state index contributed by atoms with van der Waals surface area (Å²) in [5.74, 6) is 3.98. The summed E-state index contributed by atoms with van der Waals surface area (Å²) >= 11 is 3.74. The van der Waals surface area contributed by atoms with Gasteiger partial charge in [0.2, 0.25) is 5.95 Å². The van der Waals surface area contributed by atoms with Crippen LogP contribution in [0.3, 0.4) is 0 Å². The number of aromatic nitrogens is 2. The zero-order valence-corrected chi connectivity index (χ0v) is 18.9. The van der Waals surface area contributed by atoms with Crippen molar-refractivity contribution in [1.82, 2.24) is 9.97 Å². The molecule has 0 saturated heterocycles. The number of nitrogens with zero attached hydrogens (tertiary/aromatic N) is 4. The summed E-state index contributed by atoms with van der Waals surface area (Å²) in [7, 11) is 0. The molecule has 4 rings (SSSR count). The average molecular weight is 470 g/mol. The molecule has 0 saturated carbocycles. The Morgan fingerprint density at radius 1 is 1.19 bits per heavy atom. The number of aryl methyl sites for hydroxylation is 2. The van der Waals surface area contributed by atoms with Crippen LogP contribution in [-0.2, 0) is 6.42 Å². The molecule has 0 atom stereocenters. The molecular weight excluding hydrogens is 450 g/mol. The van der Waals surface area contributed by atoms with Crippen molar-refractivity contribution in [2.45, 2.75) is 20.3 Å². The maximum absolute atomic E-state index is 8.99. The van der Waals surface area contributed by atoms with Gasteiger partial charge in [-0.25, -0.2) is 4.98 Å². The molecule has 0 spiro atoms. The smallest absolute Gasteiger partial charge is 0.229 e. The largest absolute Gasteiger partial charge is 0.324 e. The number of anilines is 4. The van der Waals surface area contributed by atoms with Gasteiger partial charge in [0.15, 0.2) is 0 Å². The minimum Gasteiger partial charge on any atom is -0.324 e. The molecule has 0 aliphatic carbocycles. The van der Waals surface area contributed by atoms with Crippen LogP contribution in [0.25, 0.3) is 6.08 Å². The third-order valence-electron chi connectivity index (χ3n) is 5.22. The molecule has 1 aliphatic heterocycles. The first kappa shape index (κ1) is 20.7. The van der Waals surface area contributed by atoms with E-state index in [2.05, 4.69) is 62.2 Å². The summed E-state index contributed by atoms with van der Waals surface area (Å²) in [6.07, 6.45) is 9.85. The molecule has 0 bridgehead atoms. The molecule has 1 aliphatic rings. The van der Waals surface area contributed by atoms with E-state index < -0.39 is 0 Å². The molecule has 1 aromatic heterocycles. The molecule has 31 heavy (non-hydrogen) atoms. The molecule has 0 unspecified atom stereocenters. The normalized spacial score (nSPS) is 12.5. The second-order valence-corrected chi connectivity index (χ2v) is 8.17. The first-order valence-corrected chi connectivity index (χ1v) is 10.6. The summed E-state index contributed by atoms with van der Waals surface area (Å²) in [6.45, 7) is 4.95. The van der Waals surface area contributed by atoms with Crippen LogP contribution in [0.4, 0.5) is 23.1 Å². The minimum absolute atomic E-state index is 0.537. The van der Waals surface area contributed by atoms with Crippen molar-refractivity contribution in [1.29, 1.82) is 5.26 Å². The molecule has 1 N–H and O–H groups in total. The van der Waals surface area contributed by atoms with Crippen molar-refractivity contribution in [2.75, 3.05) is 16.8 Å². The van der Waals surface area contributed by atoms with Gasteiger partial charge in [0, 0.05) is 28.0 Å². The highest BCUT2D eigenvalue weighted by Gasteiger charge is 2.28. The number of halogens is 1. The second-order valence-electron chi connectivity index (χ2n) is 7.32. The van der Waals surface area contributed by atoms with Crippen LogP contribution in [0, 0.1) is 37.5 Å². The second kappa shape index (κ2) is 8.63. The molecule has 3 aromatic rings. The van der Waals surface area contributed by atoms with E-state index in [1.54, 1.807) is 18.2 Å². The van der Waals surface area contributed by atoms with Crippen molar-refractivity contribution < 1.29 is 0 Å². The van der Waals surface area contributed by atoms with E-state index in [0.29, 0.717) is 11.5 Å². The maximum Gasteiger partial charge on any atom is 0.229 e. The van der Waals surface area contributed by atoms with Crippen molar-refractivity contribution in [2.24, 2.45) is 0 Å². The lowest BCUT2D eigenvalue weighted by molar-refractivity contribution is 0.978. The van der Waals surface area contributed by atoms with E-state index in [1.807, 2.05) is 25.1 Å². The van der Waals surface area contributed by atoms with Crippen molar-refractivity contribution in [3.63, 3.8) is 0 Å². The zero-order chi connectivity index (χ0) is 22.0.